The van der Waals surface area contributed by atoms with Gasteiger partial charge < -0.3 is 20.3 Å². The molecule has 1 aliphatic carbocycles. The molecule has 10 heteroatoms. The molecular formula is C25H29ClF3N5O. The van der Waals surface area contributed by atoms with Gasteiger partial charge in [0.2, 0.25) is 5.95 Å². The van der Waals surface area contributed by atoms with Crippen LogP contribution in [0.15, 0.2) is 42.5 Å². The first-order valence-electron chi connectivity index (χ1n) is 11.6. The smallest absolute Gasteiger partial charge is 0.404 e. The number of ether oxygens (including phenoxy) is 1. The van der Waals surface area contributed by atoms with Crippen LogP contribution in [-0.2, 0) is 6.54 Å². The summed E-state index contributed by atoms with van der Waals surface area (Å²) >= 11 is 5.93. The average Bonchev–Trinajstić information content (AvgIpc) is 2.80. The molecule has 1 aromatic heterocycles. The van der Waals surface area contributed by atoms with Crippen LogP contribution >= 0.6 is 11.6 Å². The number of hydrogen-bond donors (Lipinski definition) is 2. The molecule has 0 atom stereocenters. The average molecular weight is 508 g/mol. The van der Waals surface area contributed by atoms with E-state index in [1.54, 1.807) is 6.07 Å². The number of halogens is 4. The first kappa shape index (κ1) is 25.3. The minimum Gasteiger partial charge on any atom is -0.404 e. The summed E-state index contributed by atoms with van der Waals surface area (Å²) in [7, 11) is 3.96. The van der Waals surface area contributed by atoms with Crippen LogP contribution in [0.3, 0.4) is 0 Å². The van der Waals surface area contributed by atoms with Crippen molar-refractivity contribution in [2.24, 2.45) is 5.92 Å². The number of hydrogen-bond acceptors (Lipinski definition) is 6. The maximum absolute atomic E-state index is 12.4. The summed E-state index contributed by atoms with van der Waals surface area (Å²) in [5.41, 5.74) is 1.73. The van der Waals surface area contributed by atoms with Crippen LogP contribution in [0.1, 0.15) is 31.2 Å². The van der Waals surface area contributed by atoms with Crippen LogP contribution in [0.2, 0.25) is 5.02 Å². The Kier molecular flexibility index (Phi) is 7.86. The summed E-state index contributed by atoms with van der Waals surface area (Å²) in [6.45, 7) is 1.37. The van der Waals surface area contributed by atoms with Crippen molar-refractivity contribution < 1.29 is 17.9 Å². The molecule has 1 heterocycles. The van der Waals surface area contributed by atoms with Gasteiger partial charge in [0.15, 0.2) is 0 Å². The van der Waals surface area contributed by atoms with Crippen LogP contribution in [-0.4, -0.2) is 43.0 Å². The lowest BCUT2D eigenvalue weighted by Crippen LogP contribution is -2.31. The molecule has 0 spiro atoms. The Morgan fingerprint density at radius 3 is 2.49 bits per heavy atom. The Bertz CT molecular complexity index is 1150. The number of anilines is 2. The lowest BCUT2D eigenvalue weighted by molar-refractivity contribution is -0.274. The van der Waals surface area contributed by atoms with Gasteiger partial charge in [-0.05, 0) is 68.0 Å². The molecule has 0 amide bonds. The van der Waals surface area contributed by atoms with E-state index in [2.05, 4.69) is 15.4 Å². The van der Waals surface area contributed by atoms with Crippen LogP contribution in [0.5, 0.6) is 5.75 Å². The number of fused-ring (bicyclic) bond motifs is 1. The molecule has 0 unspecified atom stereocenters. The minimum atomic E-state index is -4.76. The fraction of sp³-hybridized carbons (Fsp3) is 0.440. The highest BCUT2D eigenvalue weighted by Crippen LogP contribution is 2.31. The highest BCUT2D eigenvalue weighted by Gasteiger charge is 2.32. The van der Waals surface area contributed by atoms with Gasteiger partial charge >= 0.3 is 6.36 Å². The number of aromatic nitrogens is 2. The van der Waals surface area contributed by atoms with Crippen molar-refractivity contribution in [3.63, 3.8) is 0 Å². The summed E-state index contributed by atoms with van der Waals surface area (Å²) in [5.74, 6) is 1.70. The lowest BCUT2D eigenvalue weighted by Gasteiger charge is -2.29. The molecule has 0 saturated heterocycles. The fourth-order valence-electron chi connectivity index (χ4n) is 4.44. The minimum absolute atomic E-state index is 0.0541. The summed E-state index contributed by atoms with van der Waals surface area (Å²) in [4.78, 5) is 11.4. The largest absolute Gasteiger partial charge is 0.573 e. The normalized spacial score (nSPS) is 18.5. The summed E-state index contributed by atoms with van der Waals surface area (Å²) in [6.07, 6.45) is -0.577. The molecule has 4 rings (SSSR count). The Hall–Kier alpha value is -2.78. The van der Waals surface area contributed by atoms with E-state index >= 15 is 0 Å². The molecule has 3 aromatic rings. The Balaban J connectivity index is 1.25. The van der Waals surface area contributed by atoms with Gasteiger partial charge in [-0.2, -0.15) is 4.98 Å². The first-order chi connectivity index (χ1) is 16.7. The third kappa shape index (κ3) is 6.89. The highest BCUT2D eigenvalue weighted by atomic mass is 35.5. The number of para-hydroxylation sites is 1. The molecule has 1 saturated carbocycles. The van der Waals surface area contributed by atoms with Gasteiger partial charge in [-0.1, -0.05) is 29.8 Å². The van der Waals surface area contributed by atoms with Crippen molar-refractivity contribution >= 4 is 34.3 Å². The zero-order valence-electron chi connectivity index (χ0n) is 19.7. The van der Waals surface area contributed by atoms with Crippen molar-refractivity contribution in [2.45, 2.75) is 44.6 Å². The van der Waals surface area contributed by atoms with Gasteiger partial charge in [-0.25, -0.2) is 4.98 Å². The van der Waals surface area contributed by atoms with Gasteiger partial charge in [0.05, 0.1) is 10.5 Å². The van der Waals surface area contributed by atoms with Crippen LogP contribution in [0.25, 0.3) is 10.9 Å². The third-order valence-corrected chi connectivity index (χ3v) is 6.47. The number of benzene rings is 2. The van der Waals surface area contributed by atoms with Crippen molar-refractivity contribution in [1.29, 1.82) is 0 Å². The van der Waals surface area contributed by atoms with E-state index in [0.717, 1.165) is 54.5 Å². The van der Waals surface area contributed by atoms with Gasteiger partial charge in [-0.3, -0.25) is 0 Å². The number of alkyl halides is 3. The Morgan fingerprint density at radius 2 is 1.80 bits per heavy atom. The molecule has 2 N–H and O–H groups in total. The number of nitrogens with zero attached hydrogens (tertiary/aromatic N) is 3. The van der Waals surface area contributed by atoms with Gasteiger partial charge in [0.1, 0.15) is 11.6 Å². The zero-order valence-corrected chi connectivity index (χ0v) is 20.5. The molecule has 0 bridgehead atoms. The van der Waals surface area contributed by atoms with E-state index in [9.17, 15) is 13.2 Å². The van der Waals surface area contributed by atoms with Crippen LogP contribution in [0.4, 0.5) is 24.9 Å². The fourth-order valence-corrected chi connectivity index (χ4v) is 4.68. The second-order valence-corrected chi connectivity index (χ2v) is 9.50. The van der Waals surface area contributed by atoms with Gasteiger partial charge in [-0.15, -0.1) is 13.2 Å². The van der Waals surface area contributed by atoms with Crippen molar-refractivity contribution in [2.75, 3.05) is 30.9 Å². The molecule has 6 nitrogen and oxygen atoms in total. The maximum atomic E-state index is 12.4. The van der Waals surface area contributed by atoms with E-state index in [0.29, 0.717) is 24.5 Å². The summed E-state index contributed by atoms with van der Waals surface area (Å²) in [5, 5.41) is 7.90. The van der Waals surface area contributed by atoms with Crippen molar-refractivity contribution in [3.05, 3.63) is 53.1 Å². The van der Waals surface area contributed by atoms with Crippen LogP contribution < -0.4 is 20.3 Å². The van der Waals surface area contributed by atoms with Gasteiger partial charge in [0, 0.05) is 32.1 Å². The van der Waals surface area contributed by atoms with E-state index in [-0.39, 0.29) is 10.8 Å². The molecule has 0 radical (unpaired) electrons. The molecule has 1 fully saturated rings. The topological polar surface area (TPSA) is 62.3 Å². The van der Waals surface area contributed by atoms with Crippen LogP contribution in [0, 0.1) is 5.92 Å². The standard InChI is InChI=1S/C25H29ClF3N5O/c1-34(2)23-19-5-3-4-6-21(19)32-24(33-23)31-18-10-7-16(8-11-18)14-30-15-17-9-12-22(20(26)13-17)35-25(27,28)29/h3-6,9,12-13,16,18,30H,7-8,10-11,14-15H2,1-2H3,(H,31,32,33)/t16-,18+. The second kappa shape index (κ2) is 10.9. The van der Waals surface area contributed by atoms with Crippen molar-refractivity contribution in [1.82, 2.24) is 15.3 Å². The molecule has 188 valence electrons. The molecule has 35 heavy (non-hydrogen) atoms. The SMILES string of the molecule is CN(C)c1nc(N[C@H]2CC[C@@H](CNCc3ccc(OC(F)(F)F)c(Cl)c3)CC2)nc2ccccc12. The summed E-state index contributed by atoms with van der Waals surface area (Å²) < 4.78 is 41.1. The lowest BCUT2D eigenvalue weighted by atomic mass is 9.86. The quantitative estimate of drug-likeness (QED) is 0.389. The van der Waals surface area contributed by atoms with E-state index in [1.807, 2.05) is 43.3 Å². The van der Waals surface area contributed by atoms with E-state index in [1.165, 1.54) is 12.1 Å². The first-order valence-corrected chi connectivity index (χ1v) is 12.0. The zero-order chi connectivity index (χ0) is 25.0. The highest BCUT2D eigenvalue weighted by molar-refractivity contribution is 6.32. The second-order valence-electron chi connectivity index (χ2n) is 9.09. The Morgan fingerprint density at radius 1 is 1.06 bits per heavy atom. The predicted molar refractivity (Wildman–Crippen MR) is 133 cm³/mol. The molecule has 0 aliphatic heterocycles. The molecular weight excluding hydrogens is 479 g/mol. The number of nitrogens with one attached hydrogen (secondary N) is 2. The Labute approximate surface area is 207 Å². The summed E-state index contributed by atoms with van der Waals surface area (Å²) in [6, 6.07) is 12.7. The van der Waals surface area contributed by atoms with Gasteiger partial charge in [0.25, 0.3) is 0 Å². The molecule has 1 aliphatic rings. The number of rotatable bonds is 8. The van der Waals surface area contributed by atoms with Crippen molar-refractivity contribution in [3.8, 4) is 5.75 Å². The molecule has 2 aromatic carbocycles. The van der Waals surface area contributed by atoms with E-state index in [4.69, 9.17) is 21.6 Å². The van der Waals surface area contributed by atoms with E-state index < -0.39 is 6.36 Å². The predicted octanol–water partition coefficient (Wildman–Crippen LogP) is 6.01. The maximum Gasteiger partial charge on any atom is 0.573 e. The monoisotopic (exact) mass is 507 g/mol. The third-order valence-electron chi connectivity index (χ3n) is 6.17.